The Labute approximate surface area is 138 Å². The van der Waals surface area contributed by atoms with Gasteiger partial charge in [-0.3, -0.25) is 0 Å². The van der Waals surface area contributed by atoms with Gasteiger partial charge in [0.25, 0.3) is 0 Å². The van der Waals surface area contributed by atoms with Crippen molar-refractivity contribution in [3.63, 3.8) is 0 Å². The minimum atomic E-state index is 0.457. The zero-order valence-corrected chi connectivity index (χ0v) is 15.0. The van der Waals surface area contributed by atoms with Gasteiger partial charge in [0.05, 0.1) is 0 Å². The van der Waals surface area contributed by atoms with Crippen LogP contribution in [-0.4, -0.2) is 6.04 Å². The molecule has 0 aliphatic rings. The molecule has 3 heteroatoms. The van der Waals surface area contributed by atoms with Crippen LogP contribution in [0.3, 0.4) is 0 Å². The Kier molecular flexibility index (Phi) is 5.82. The number of rotatable bonds is 5. The number of nitrogens with one attached hydrogen (secondary N) is 1. The average Bonchev–Trinajstić information content (AvgIpc) is 2.43. The first kappa shape index (κ1) is 15.7. The van der Waals surface area contributed by atoms with Crippen molar-refractivity contribution in [1.82, 2.24) is 5.32 Å². The highest BCUT2D eigenvalue weighted by molar-refractivity contribution is 9.13. The summed E-state index contributed by atoms with van der Waals surface area (Å²) < 4.78 is 2.19. The van der Waals surface area contributed by atoms with E-state index in [1.54, 1.807) is 0 Å². The molecule has 0 amide bonds. The minimum absolute atomic E-state index is 0.457. The largest absolute Gasteiger partial charge is 0.310 e. The van der Waals surface area contributed by atoms with E-state index in [0.717, 1.165) is 21.9 Å². The monoisotopic (exact) mass is 395 g/mol. The number of benzene rings is 2. The van der Waals surface area contributed by atoms with Crippen LogP contribution in [0.5, 0.6) is 0 Å². The number of halogens is 2. The predicted octanol–water partition coefficient (Wildman–Crippen LogP) is 5.24. The maximum atomic E-state index is 3.59. The molecule has 0 heterocycles. The summed E-state index contributed by atoms with van der Waals surface area (Å²) in [5.41, 5.74) is 4.08. The van der Waals surface area contributed by atoms with Gasteiger partial charge in [-0.25, -0.2) is 0 Å². The van der Waals surface area contributed by atoms with E-state index < -0.39 is 0 Å². The quantitative estimate of drug-likeness (QED) is 0.728. The van der Waals surface area contributed by atoms with E-state index >= 15 is 0 Å². The lowest BCUT2D eigenvalue weighted by molar-refractivity contribution is 0.544. The van der Waals surface area contributed by atoms with Crippen molar-refractivity contribution >= 4 is 31.9 Å². The van der Waals surface area contributed by atoms with Gasteiger partial charge in [0.15, 0.2) is 0 Å². The summed E-state index contributed by atoms with van der Waals surface area (Å²) in [6.45, 7) is 5.30. The van der Waals surface area contributed by atoms with Gasteiger partial charge in [0, 0.05) is 21.5 Å². The molecule has 0 fully saturated rings. The van der Waals surface area contributed by atoms with E-state index in [-0.39, 0.29) is 0 Å². The molecule has 0 bridgehead atoms. The van der Waals surface area contributed by atoms with Crippen LogP contribution >= 0.6 is 31.9 Å². The van der Waals surface area contributed by atoms with Gasteiger partial charge in [0.1, 0.15) is 0 Å². The smallest absolute Gasteiger partial charge is 0.0320 e. The highest BCUT2D eigenvalue weighted by Crippen LogP contribution is 2.23. The van der Waals surface area contributed by atoms with Crippen molar-refractivity contribution in [1.29, 1.82) is 0 Å². The molecule has 1 N–H and O–H groups in total. The van der Waals surface area contributed by atoms with Gasteiger partial charge in [-0.15, -0.1) is 0 Å². The van der Waals surface area contributed by atoms with Crippen molar-refractivity contribution in [2.75, 3.05) is 0 Å². The highest BCUT2D eigenvalue weighted by atomic mass is 79.9. The summed E-state index contributed by atoms with van der Waals surface area (Å²) in [6.07, 6.45) is 1.06. The molecule has 1 nitrogen and oxygen atoms in total. The SMILES string of the molecule is Cc1ccccc1CC(C)NCc1ccc(Br)c(Br)c1. The molecule has 0 saturated heterocycles. The highest BCUT2D eigenvalue weighted by Gasteiger charge is 2.06. The maximum Gasteiger partial charge on any atom is 0.0320 e. The van der Waals surface area contributed by atoms with Crippen LogP contribution < -0.4 is 5.32 Å². The number of hydrogen-bond donors (Lipinski definition) is 1. The summed E-state index contributed by atoms with van der Waals surface area (Å²) in [4.78, 5) is 0. The van der Waals surface area contributed by atoms with E-state index in [0.29, 0.717) is 6.04 Å². The van der Waals surface area contributed by atoms with Crippen LogP contribution in [0.25, 0.3) is 0 Å². The third-order valence-electron chi connectivity index (χ3n) is 3.43. The maximum absolute atomic E-state index is 3.59. The van der Waals surface area contributed by atoms with Crippen LogP contribution in [0, 0.1) is 6.92 Å². The third kappa shape index (κ3) is 4.44. The lowest BCUT2D eigenvalue weighted by Gasteiger charge is -2.15. The Morgan fingerprint density at radius 1 is 1.05 bits per heavy atom. The van der Waals surface area contributed by atoms with E-state index in [9.17, 15) is 0 Å². The van der Waals surface area contributed by atoms with Crippen molar-refractivity contribution < 1.29 is 0 Å². The van der Waals surface area contributed by atoms with E-state index in [2.05, 4.69) is 93.5 Å². The number of aryl methyl sites for hydroxylation is 1. The van der Waals surface area contributed by atoms with Gasteiger partial charge < -0.3 is 5.32 Å². The molecule has 1 unspecified atom stereocenters. The summed E-state index contributed by atoms with van der Waals surface area (Å²) in [6, 6.07) is 15.4. The van der Waals surface area contributed by atoms with Gasteiger partial charge in [-0.1, -0.05) is 30.3 Å². The van der Waals surface area contributed by atoms with Gasteiger partial charge >= 0.3 is 0 Å². The topological polar surface area (TPSA) is 12.0 Å². The Morgan fingerprint density at radius 2 is 1.80 bits per heavy atom. The first-order valence-electron chi connectivity index (χ1n) is 6.78. The van der Waals surface area contributed by atoms with Gasteiger partial charge in [0.2, 0.25) is 0 Å². The Morgan fingerprint density at radius 3 is 2.50 bits per heavy atom. The summed E-state index contributed by atoms with van der Waals surface area (Å²) in [7, 11) is 0. The molecule has 106 valence electrons. The molecule has 0 saturated carbocycles. The standard InChI is InChI=1S/C17H19Br2N/c1-12-5-3-4-6-15(12)9-13(2)20-11-14-7-8-16(18)17(19)10-14/h3-8,10,13,20H,9,11H2,1-2H3. The van der Waals surface area contributed by atoms with Crippen LogP contribution in [0.2, 0.25) is 0 Å². The first-order chi connectivity index (χ1) is 9.56. The lowest BCUT2D eigenvalue weighted by Crippen LogP contribution is -2.27. The average molecular weight is 397 g/mol. The van der Waals surface area contributed by atoms with Crippen LogP contribution in [0.15, 0.2) is 51.4 Å². The Balaban J connectivity index is 1.90. The molecular weight excluding hydrogens is 378 g/mol. The molecule has 2 aromatic carbocycles. The molecule has 1 atom stereocenters. The van der Waals surface area contributed by atoms with Crippen molar-refractivity contribution in [3.05, 3.63) is 68.1 Å². The zero-order chi connectivity index (χ0) is 14.5. The van der Waals surface area contributed by atoms with E-state index in [4.69, 9.17) is 0 Å². The second-order valence-electron chi connectivity index (χ2n) is 5.16. The lowest BCUT2D eigenvalue weighted by atomic mass is 10.0. The second-order valence-corrected chi connectivity index (χ2v) is 6.87. The molecule has 2 rings (SSSR count). The van der Waals surface area contributed by atoms with Crippen molar-refractivity contribution in [2.45, 2.75) is 32.9 Å². The summed E-state index contributed by atoms with van der Waals surface area (Å²) in [5, 5.41) is 3.59. The fourth-order valence-electron chi connectivity index (χ4n) is 2.18. The molecule has 20 heavy (non-hydrogen) atoms. The fraction of sp³-hybridized carbons (Fsp3) is 0.294. The molecule has 2 aromatic rings. The molecule has 0 aliphatic heterocycles. The minimum Gasteiger partial charge on any atom is -0.310 e. The molecular formula is C17H19Br2N. The molecule has 0 aromatic heterocycles. The Hall–Kier alpha value is -0.640. The Bertz CT molecular complexity index is 581. The van der Waals surface area contributed by atoms with E-state index in [1.165, 1.54) is 16.7 Å². The van der Waals surface area contributed by atoms with Crippen LogP contribution in [0.1, 0.15) is 23.6 Å². The second kappa shape index (κ2) is 7.39. The van der Waals surface area contributed by atoms with Crippen molar-refractivity contribution in [2.24, 2.45) is 0 Å². The predicted molar refractivity (Wildman–Crippen MR) is 93.0 cm³/mol. The summed E-state index contributed by atoms with van der Waals surface area (Å²) in [5.74, 6) is 0. The fourth-order valence-corrected chi connectivity index (χ4v) is 2.86. The normalized spacial score (nSPS) is 12.4. The van der Waals surface area contributed by atoms with Crippen molar-refractivity contribution in [3.8, 4) is 0 Å². The third-order valence-corrected chi connectivity index (χ3v) is 5.31. The van der Waals surface area contributed by atoms with Crippen LogP contribution in [0.4, 0.5) is 0 Å². The van der Waals surface area contributed by atoms with Crippen LogP contribution in [-0.2, 0) is 13.0 Å². The van der Waals surface area contributed by atoms with Gasteiger partial charge in [-0.2, -0.15) is 0 Å². The first-order valence-corrected chi connectivity index (χ1v) is 8.36. The molecule has 0 aliphatic carbocycles. The summed E-state index contributed by atoms with van der Waals surface area (Å²) >= 11 is 7.04. The van der Waals surface area contributed by atoms with Gasteiger partial charge in [-0.05, 0) is 81.0 Å². The molecule has 0 radical (unpaired) electrons. The number of hydrogen-bond acceptors (Lipinski definition) is 1. The zero-order valence-electron chi connectivity index (χ0n) is 11.8. The van der Waals surface area contributed by atoms with E-state index in [1.807, 2.05) is 0 Å². The molecule has 0 spiro atoms.